The maximum absolute atomic E-state index is 8.96. The SMILES string of the molecule is Cc1cc(N2CCC3(CC2)OCCO3)ccc1C#N. The Morgan fingerprint density at radius 2 is 1.89 bits per heavy atom. The van der Waals surface area contributed by atoms with Crippen molar-refractivity contribution in [1.82, 2.24) is 0 Å². The molecule has 2 aliphatic rings. The summed E-state index contributed by atoms with van der Waals surface area (Å²) in [6, 6.07) is 8.22. The molecular formula is C15H18N2O2. The molecule has 1 aromatic carbocycles. The van der Waals surface area contributed by atoms with E-state index in [4.69, 9.17) is 14.7 Å². The molecule has 100 valence electrons. The van der Waals surface area contributed by atoms with E-state index in [9.17, 15) is 0 Å². The number of benzene rings is 1. The van der Waals surface area contributed by atoms with Crippen molar-refractivity contribution in [2.24, 2.45) is 0 Å². The summed E-state index contributed by atoms with van der Waals surface area (Å²) in [6.07, 6.45) is 1.82. The molecule has 0 amide bonds. The topological polar surface area (TPSA) is 45.5 Å². The third kappa shape index (κ3) is 2.32. The van der Waals surface area contributed by atoms with Crippen molar-refractivity contribution in [3.05, 3.63) is 29.3 Å². The van der Waals surface area contributed by atoms with E-state index in [2.05, 4.69) is 17.0 Å². The number of hydrogen-bond acceptors (Lipinski definition) is 4. The van der Waals surface area contributed by atoms with E-state index >= 15 is 0 Å². The number of ether oxygens (including phenoxy) is 2. The summed E-state index contributed by atoms with van der Waals surface area (Å²) in [7, 11) is 0. The van der Waals surface area contributed by atoms with Crippen LogP contribution in [0.15, 0.2) is 18.2 Å². The van der Waals surface area contributed by atoms with E-state index in [0.717, 1.165) is 50.3 Å². The Bertz CT molecular complexity index is 505. The highest BCUT2D eigenvalue weighted by molar-refractivity contribution is 5.53. The van der Waals surface area contributed by atoms with Crippen LogP contribution in [-0.2, 0) is 9.47 Å². The first-order chi connectivity index (χ1) is 9.22. The van der Waals surface area contributed by atoms with Gasteiger partial charge in [-0.25, -0.2) is 0 Å². The highest BCUT2D eigenvalue weighted by Crippen LogP contribution is 2.33. The predicted molar refractivity (Wildman–Crippen MR) is 72.0 cm³/mol. The zero-order valence-electron chi connectivity index (χ0n) is 11.2. The van der Waals surface area contributed by atoms with Gasteiger partial charge in [0.2, 0.25) is 0 Å². The van der Waals surface area contributed by atoms with Crippen LogP contribution in [0.4, 0.5) is 5.69 Å². The zero-order chi connectivity index (χ0) is 13.3. The summed E-state index contributed by atoms with van der Waals surface area (Å²) in [5.41, 5.74) is 2.97. The monoisotopic (exact) mass is 258 g/mol. The van der Waals surface area contributed by atoms with Gasteiger partial charge in [0.15, 0.2) is 5.79 Å². The molecule has 0 aliphatic carbocycles. The van der Waals surface area contributed by atoms with Gasteiger partial charge in [0.25, 0.3) is 0 Å². The van der Waals surface area contributed by atoms with Gasteiger partial charge in [0.1, 0.15) is 0 Å². The zero-order valence-corrected chi connectivity index (χ0v) is 11.2. The second kappa shape index (κ2) is 4.84. The Morgan fingerprint density at radius 3 is 2.47 bits per heavy atom. The molecule has 0 aromatic heterocycles. The van der Waals surface area contributed by atoms with Crippen molar-refractivity contribution < 1.29 is 9.47 Å². The smallest absolute Gasteiger partial charge is 0.171 e. The summed E-state index contributed by atoms with van der Waals surface area (Å²) in [4.78, 5) is 2.34. The van der Waals surface area contributed by atoms with Crippen molar-refractivity contribution in [2.75, 3.05) is 31.2 Å². The third-order valence-corrected chi connectivity index (χ3v) is 4.03. The highest BCUT2D eigenvalue weighted by atomic mass is 16.7. The van der Waals surface area contributed by atoms with Gasteiger partial charge < -0.3 is 14.4 Å². The number of piperidine rings is 1. The third-order valence-electron chi connectivity index (χ3n) is 4.03. The van der Waals surface area contributed by atoms with Crippen LogP contribution in [0.5, 0.6) is 0 Å². The number of rotatable bonds is 1. The minimum Gasteiger partial charge on any atom is -0.371 e. The van der Waals surface area contributed by atoms with E-state index in [0.29, 0.717) is 0 Å². The average molecular weight is 258 g/mol. The molecule has 1 spiro atoms. The van der Waals surface area contributed by atoms with Crippen molar-refractivity contribution in [3.8, 4) is 6.07 Å². The van der Waals surface area contributed by atoms with E-state index in [1.165, 1.54) is 5.69 Å². The Balaban J connectivity index is 1.71. The van der Waals surface area contributed by atoms with Gasteiger partial charge in [-0.05, 0) is 30.7 Å². The van der Waals surface area contributed by atoms with Crippen LogP contribution in [0.3, 0.4) is 0 Å². The molecule has 4 nitrogen and oxygen atoms in total. The minimum absolute atomic E-state index is 0.321. The van der Waals surface area contributed by atoms with Crippen LogP contribution < -0.4 is 4.90 Å². The first-order valence-electron chi connectivity index (χ1n) is 6.76. The van der Waals surface area contributed by atoms with Gasteiger partial charge in [-0.2, -0.15) is 5.26 Å². The highest BCUT2D eigenvalue weighted by Gasteiger charge is 2.39. The predicted octanol–water partition coefficient (Wildman–Crippen LogP) is 2.21. The first kappa shape index (κ1) is 12.5. The lowest BCUT2D eigenvalue weighted by Gasteiger charge is -2.38. The molecule has 0 N–H and O–H groups in total. The summed E-state index contributed by atoms with van der Waals surface area (Å²) < 4.78 is 11.5. The molecule has 2 saturated heterocycles. The van der Waals surface area contributed by atoms with E-state index in [-0.39, 0.29) is 5.79 Å². The van der Waals surface area contributed by atoms with Gasteiger partial charge in [-0.3, -0.25) is 0 Å². The van der Waals surface area contributed by atoms with Crippen LogP contribution in [0.1, 0.15) is 24.0 Å². The summed E-state index contributed by atoms with van der Waals surface area (Å²) >= 11 is 0. The molecule has 2 heterocycles. The second-order valence-corrected chi connectivity index (χ2v) is 5.21. The number of aryl methyl sites for hydroxylation is 1. The number of hydrogen-bond donors (Lipinski definition) is 0. The molecule has 2 fully saturated rings. The maximum atomic E-state index is 8.96. The van der Waals surface area contributed by atoms with Gasteiger partial charge in [-0.1, -0.05) is 0 Å². The number of anilines is 1. The van der Waals surface area contributed by atoms with Crippen molar-refractivity contribution in [1.29, 1.82) is 5.26 Å². The van der Waals surface area contributed by atoms with Gasteiger partial charge in [0, 0.05) is 31.6 Å². The molecule has 3 rings (SSSR count). The van der Waals surface area contributed by atoms with Crippen LogP contribution in [0.2, 0.25) is 0 Å². The molecule has 0 bridgehead atoms. The number of nitrogens with zero attached hydrogens (tertiary/aromatic N) is 2. The summed E-state index contributed by atoms with van der Waals surface area (Å²) in [5.74, 6) is -0.321. The van der Waals surface area contributed by atoms with Crippen LogP contribution in [-0.4, -0.2) is 32.1 Å². The molecule has 0 saturated carbocycles. The molecule has 0 atom stereocenters. The summed E-state index contributed by atoms with van der Waals surface area (Å²) in [6.45, 7) is 5.29. The maximum Gasteiger partial charge on any atom is 0.171 e. The fourth-order valence-corrected chi connectivity index (χ4v) is 2.86. The molecular weight excluding hydrogens is 240 g/mol. The van der Waals surface area contributed by atoms with Crippen LogP contribution in [0, 0.1) is 18.3 Å². The van der Waals surface area contributed by atoms with Crippen molar-refractivity contribution in [3.63, 3.8) is 0 Å². The van der Waals surface area contributed by atoms with Crippen LogP contribution in [0.25, 0.3) is 0 Å². The largest absolute Gasteiger partial charge is 0.371 e. The Kier molecular flexibility index (Phi) is 3.17. The van der Waals surface area contributed by atoms with E-state index in [1.54, 1.807) is 0 Å². The van der Waals surface area contributed by atoms with Crippen LogP contribution >= 0.6 is 0 Å². The lowest BCUT2D eigenvalue weighted by atomic mass is 10.0. The van der Waals surface area contributed by atoms with E-state index < -0.39 is 0 Å². The lowest BCUT2D eigenvalue weighted by Crippen LogP contribution is -2.45. The normalized spacial score (nSPS) is 21.6. The van der Waals surface area contributed by atoms with Gasteiger partial charge in [0.05, 0.1) is 24.8 Å². The molecule has 1 aromatic rings. The van der Waals surface area contributed by atoms with Gasteiger partial charge in [-0.15, -0.1) is 0 Å². The fourth-order valence-electron chi connectivity index (χ4n) is 2.86. The Labute approximate surface area is 113 Å². The van der Waals surface area contributed by atoms with E-state index in [1.807, 2.05) is 19.1 Å². The Morgan fingerprint density at radius 1 is 1.21 bits per heavy atom. The Hall–Kier alpha value is -1.57. The first-order valence-corrected chi connectivity index (χ1v) is 6.76. The molecule has 2 aliphatic heterocycles. The number of nitriles is 1. The molecule has 0 unspecified atom stereocenters. The standard InChI is InChI=1S/C15H18N2O2/c1-12-10-14(3-2-13(12)11-16)17-6-4-15(5-7-17)18-8-9-19-15/h2-3,10H,4-9H2,1H3. The fraction of sp³-hybridized carbons (Fsp3) is 0.533. The summed E-state index contributed by atoms with van der Waals surface area (Å²) in [5, 5.41) is 8.96. The molecule has 4 heteroatoms. The second-order valence-electron chi connectivity index (χ2n) is 5.21. The minimum atomic E-state index is -0.321. The van der Waals surface area contributed by atoms with Crippen molar-refractivity contribution in [2.45, 2.75) is 25.6 Å². The molecule has 0 radical (unpaired) electrons. The van der Waals surface area contributed by atoms with Crippen molar-refractivity contribution >= 4 is 5.69 Å². The quantitative estimate of drug-likeness (QED) is 0.774. The lowest BCUT2D eigenvalue weighted by molar-refractivity contribution is -0.169. The van der Waals surface area contributed by atoms with Gasteiger partial charge >= 0.3 is 0 Å². The average Bonchev–Trinajstić information content (AvgIpc) is 2.88. The molecule has 19 heavy (non-hydrogen) atoms.